The maximum atomic E-state index is 12.3. The Bertz CT molecular complexity index is 446. The lowest BCUT2D eigenvalue weighted by molar-refractivity contribution is -0.130. The van der Waals surface area contributed by atoms with Gasteiger partial charge in [-0.3, -0.25) is 4.79 Å². The molecule has 1 unspecified atom stereocenters. The predicted molar refractivity (Wildman–Crippen MR) is 89.5 cm³/mol. The van der Waals surface area contributed by atoms with E-state index in [4.69, 9.17) is 10.5 Å². The second-order valence-electron chi connectivity index (χ2n) is 6.40. The van der Waals surface area contributed by atoms with Crippen molar-refractivity contribution >= 4 is 24.6 Å². The van der Waals surface area contributed by atoms with Crippen molar-refractivity contribution in [2.45, 2.75) is 52.2 Å². The van der Waals surface area contributed by atoms with Crippen LogP contribution in [0.3, 0.4) is 0 Å². The minimum absolute atomic E-state index is 0.0504. The number of nitrogens with zero attached hydrogens (tertiary/aromatic N) is 2. The summed E-state index contributed by atoms with van der Waals surface area (Å²) < 4.78 is 5.40. The van der Waals surface area contributed by atoms with E-state index in [0.29, 0.717) is 19.6 Å². The lowest BCUT2D eigenvalue weighted by Crippen LogP contribution is -2.53. The van der Waals surface area contributed by atoms with E-state index in [1.807, 2.05) is 27.7 Å². The van der Waals surface area contributed by atoms with Crippen molar-refractivity contribution in [2.24, 2.45) is 5.73 Å². The third kappa shape index (κ3) is 5.12. The van der Waals surface area contributed by atoms with Gasteiger partial charge in [0.1, 0.15) is 11.3 Å². The Morgan fingerprint density at radius 1 is 1.45 bits per heavy atom. The minimum Gasteiger partial charge on any atom is -0.444 e. The third-order valence-electron chi connectivity index (χ3n) is 3.48. The molecule has 1 aliphatic heterocycles. The summed E-state index contributed by atoms with van der Waals surface area (Å²) in [5, 5.41) is 1.31. The first-order chi connectivity index (χ1) is 10.2. The molecule has 0 radical (unpaired) electrons. The average molecular weight is 329 g/mol. The van der Waals surface area contributed by atoms with E-state index >= 15 is 0 Å². The Morgan fingerprint density at radius 3 is 2.59 bits per heavy atom. The van der Waals surface area contributed by atoms with Gasteiger partial charge in [-0.2, -0.15) is 0 Å². The molecule has 0 aliphatic carbocycles. The summed E-state index contributed by atoms with van der Waals surface area (Å²) in [7, 11) is 0. The number of thiol groups is 1. The van der Waals surface area contributed by atoms with Gasteiger partial charge in [-0.05, 0) is 45.9 Å². The average Bonchev–Trinajstić information content (AvgIpc) is 2.45. The van der Waals surface area contributed by atoms with Crippen LogP contribution in [0.1, 0.15) is 40.5 Å². The fourth-order valence-corrected chi connectivity index (χ4v) is 2.60. The zero-order valence-electron chi connectivity index (χ0n) is 13.8. The van der Waals surface area contributed by atoms with Gasteiger partial charge in [0.2, 0.25) is 0 Å². The van der Waals surface area contributed by atoms with E-state index in [9.17, 15) is 9.59 Å². The lowest BCUT2D eigenvalue weighted by atomic mass is 10.0. The van der Waals surface area contributed by atoms with Crippen molar-refractivity contribution in [2.75, 3.05) is 19.6 Å². The number of carbonyl (C=O) groups is 2. The number of nitrogens with two attached hydrogens (primary N) is 1. The summed E-state index contributed by atoms with van der Waals surface area (Å²) in [6.45, 7) is 9.07. The normalized spacial score (nSPS) is 19.8. The third-order valence-corrected chi connectivity index (χ3v) is 3.75. The fraction of sp³-hybridized carbons (Fsp3) is 0.733. The van der Waals surface area contributed by atoms with E-state index in [1.165, 1.54) is 5.41 Å². The molecular weight excluding hydrogens is 302 g/mol. The number of hydrogen-bond donors (Lipinski definition) is 2. The molecule has 0 aromatic heterocycles. The molecule has 1 atom stereocenters. The Balaban J connectivity index is 2.76. The highest BCUT2D eigenvalue weighted by Crippen LogP contribution is 2.19. The molecule has 7 heteroatoms. The largest absolute Gasteiger partial charge is 0.444 e. The van der Waals surface area contributed by atoms with Gasteiger partial charge in [0.05, 0.1) is 0 Å². The Labute approximate surface area is 138 Å². The highest BCUT2D eigenvalue weighted by atomic mass is 32.1. The second kappa shape index (κ2) is 7.76. The zero-order chi connectivity index (χ0) is 16.9. The van der Waals surface area contributed by atoms with Gasteiger partial charge in [0, 0.05) is 25.7 Å². The Hall–Kier alpha value is -1.37. The summed E-state index contributed by atoms with van der Waals surface area (Å²) >= 11 is 3.93. The topological polar surface area (TPSA) is 75.9 Å². The van der Waals surface area contributed by atoms with Crippen LogP contribution in [-0.2, 0) is 9.53 Å². The first kappa shape index (κ1) is 18.7. The van der Waals surface area contributed by atoms with Crippen LogP contribution in [-0.4, -0.2) is 53.1 Å². The molecule has 1 fully saturated rings. The van der Waals surface area contributed by atoms with Gasteiger partial charge < -0.3 is 20.3 Å². The molecule has 1 heterocycles. The van der Waals surface area contributed by atoms with Gasteiger partial charge in [0.25, 0.3) is 5.91 Å². The fourth-order valence-electron chi connectivity index (χ4n) is 2.49. The molecule has 0 aromatic carbocycles. The van der Waals surface area contributed by atoms with Crippen LogP contribution in [0.2, 0.25) is 0 Å². The van der Waals surface area contributed by atoms with Gasteiger partial charge >= 0.3 is 6.09 Å². The first-order valence-corrected chi connectivity index (χ1v) is 8.10. The number of likely N-dealkylation sites (N-methyl/N-ethyl adjacent to an activating group) is 1. The monoisotopic (exact) mass is 329 g/mol. The van der Waals surface area contributed by atoms with Crippen LogP contribution in [0.5, 0.6) is 0 Å². The van der Waals surface area contributed by atoms with Crippen molar-refractivity contribution in [1.82, 2.24) is 9.80 Å². The molecule has 0 saturated carbocycles. The van der Waals surface area contributed by atoms with Crippen LogP contribution in [0.15, 0.2) is 11.1 Å². The van der Waals surface area contributed by atoms with Gasteiger partial charge in [0.15, 0.2) is 0 Å². The smallest absolute Gasteiger partial charge is 0.410 e. The number of ether oxygens (including phenoxy) is 1. The molecule has 22 heavy (non-hydrogen) atoms. The molecule has 0 aromatic rings. The van der Waals surface area contributed by atoms with E-state index in [1.54, 1.807) is 9.80 Å². The van der Waals surface area contributed by atoms with Crippen LogP contribution >= 0.6 is 12.6 Å². The first-order valence-electron chi connectivity index (χ1n) is 7.58. The molecule has 1 saturated heterocycles. The van der Waals surface area contributed by atoms with Crippen molar-refractivity contribution in [1.29, 1.82) is 0 Å². The summed E-state index contributed by atoms with van der Waals surface area (Å²) in [5.41, 5.74) is 5.25. The Morgan fingerprint density at radius 2 is 2.09 bits per heavy atom. The quantitative estimate of drug-likeness (QED) is 0.613. The molecule has 0 bridgehead atoms. The number of piperidine rings is 1. The molecule has 1 aliphatic rings. The number of likely N-dealkylation sites (tertiary alicyclic amines) is 1. The Kier molecular flexibility index (Phi) is 6.59. The van der Waals surface area contributed by atoms with Gasteiger partial charge in [-0.25, -0.2) is 4.79 Å². The molecule has 2 amide bonds. The van der Waals surface area contributed by atoms with E-state index in [2.05, 4.69) is 12.6 Å². The molecule has 2 N–H and O–H groups in total. The van der Waals surface area contributed by atoms with Crippen LogP contribution in [0.4, 0.5) is 4.79 Å². The maximum absolute atomic E-state index is 12.3. The van der Waals surface area contributed by atoms with Crippen LogP contribution in [0, 0.1) is 0 Å². The second-order valence-corrected chi connectivity index (χ2v) is 6.66. The SMILES string of the molecule is CCN(C(=O)/C(N)=C/S)C1CCCN(C(=O)OC(C)(C)C)C1. The molecule has 6 nitrogen and oxygen atoms in total. The predicted octanol–water partition coefficient (Wildman–Crippen LogP) is 1.96. The molecule has 126 valence electrons. The van der Waals surface area contributed by atoms with Crippen LogP contribution < -0.4 is 5.73 Å². The highest BCUT2D eigenvalue weighted by Gasteiger charge is 2.32. The van der Waals surface area contributed by atoms with E-state index in [0.717, 1.165) is 12.8 Å². The number of amides is 2. The van der Waals surface area contributed by atoms with Crippen molar-refractivity contribution < 1.29 is 14.3 Å². The standard InChI is InChI=1S/C15H27N3O3S/c1-5-18(13(19)12(16)10-22)11-7-6-8-17(9-11)14(20)21-15(2,3)4/h10-11,22H,5-9,16H2,1-4H3/b12-10-. The van der Waals surface area contributed by atoms with Crippen molar-refractivity contribution in [3.05, 3.63) is 11.1 Å². The summed E-state index contributed by atoms with van der Waals surface area (Å²) in [4.78, 5) is 27.8. The van der Waals surface area contributed by atoms with Crippen LogP contribution in [0.25, 0.3) is 0 Å². The number of carbonyl (C=O) groups excluding carboxylic acids is 2. The number of rotatable bonds is 3. The van der Waals surface area contributed by atoms with E-state index in [-0.39, 0.29) is 23.7 Å². The molecular formula is C15H27N3O3S. The summed E-state index contributed by atoms with van der Waals surface area (Å²) in [5.74, 6) is -0.242. The minimum atomic E-state index is -0.524. The van der Waals surface area contributed by atoms with E-state index < -0.39 is 5.60 Å². The lowest BCUT2D eigenvalue weighted by Gasteiger charge is -2.39. The zero-order valence-corrected chi connectivity index (χ0v) is 14.7. The summed E-state index contributed by atoms with van der Waals surface area (Å²) in [6.07, 6.45) is 1.34. The molecule has 1 rings (SSSR count). The number of hydrogen-bond acceptors (Lipinski definition) is 5. The highest BCUT2D eigenvalue weighted by molar-refractivity contribution is 7.83. The van der Waals surface area contributed by atoms with Gasteiger partial charge in [-0.15, -0.1) is 12.6 Å². The van der Waals surface area contributed by atoms with Crippen molar-refractivity contribution in [3.63, 3.8) is 0 Å². The summed E-state index contributed by atoms with van der Waals surface area (Å²) in [6, 6.07) is -0.0504. The van der Waals surface area contributed by atoms with Crippen molar-refractivity contribution in [3.8, 4) is 0 Å². The maximum Gasteiger partial charge on any atom is 0.410 e. The van der Waals surface area contributed by atoms with Gasteiger partial charge in [-0.1, -0.05) is 0 Å². The molecule has 0 spiro atoms.